The average molecular weight is 365 g/mol. The predicted octanol–water partition coefficient (Wildman–Crippen LogP) is 3.42. The van der Waals surface area contributed by atoms with Gasteiger partial charge < -0.3 is 5.32 Å². The molecule has 1 aromatic rings. The summed E-state index contributed by atoms with van der Waals surface area (Å²) in [4.78, 5) is 12.9. The fraction of sp³-hybridized carbons (Fsp3) is 0.526. The Balaban J connectivity index is 2.25. The van der Waals surface area contributed by atoms with Crippen molar-refractivity contribution in [2.75, 3.05) is 19.4 Å². The van der Waals surface area contributed by atoms with Gasteiger partial charge in [0.15, 0.2) is 0 Å². The molecule has 2 rings (SSSR count). The number of allylic oxidation sites excluding steroid dienone is 2. The third-order valence-electron chi connectivity index (χ3n) is 4.92. The number of nitrogens with one attached hydrogen (secondary N) is 1. The van der Waals surface area contributed by atoms with Gasteiger partial charge in [0, 0.05) is 19.8 Å². The largest absolute Gasteiger partial charge is 0.326 e. The van der Waals surface area contributed by atoms with Gasteiger partial charge in [-0.1, -0.05) is 31.6 Å². The van der Waals surface area contributed by atoms with Crippen molar-refractivity contribution in [3.63, 3.8) is 0 Å². The van der Waals surface area contributed by atoms with Crippen molar-refractivity contribution in [2.45, 2.75) is 39.5 Å². The van der Waals surface area contributed by atoms with Gasteiger partial charge in [0.1, 0.15) is 0 Å². The number of rotatable bonds is 5. The maximum Gasteiger partial charge on any atom is 0.242 e. The van der Waals surface area contributed by atoms with Crippen LogP contribution in [0.2, 0.25) is 0 Å². The molecular formula is C19H28N2O3S. The minimum Gasteiger partial charge on any atom is -0.326 e. The second kappa shape index (κ2) is 6.57. The molecule has 0 bridgehead atoms. The molecule has 1 aliphatic rings. The zero-order chi connectivity index (χ0) is 19.2. The normalized spacial score (nSPS) is 21.8. The van der Waals surface area contributed by atoms with E-state index in [1.807, 2.05) is 13.8 Å². The maximum atomic E-state index is 12.7. The van der Waals surface area contributed by atoms with Gasteiger partial charge in [0.05, 0.1) is 10.8 Å². The minimum atomic E-state index is -3.55. The summed E-state index contributed by atoms with van der Waals surface area (Å²) in [6.07, 6.45) is 2.14. The monoisotopic (exact) mass is 364 g/mol. The Bertz CT molecular complexity index is 819. The number of carbonyl (C=O) groups excluding carboxylic acids is 1. The summed E-state index contributed by atoms with van der Waals surface area (Å²) in [6.45, 7) is 9.97. The lowest BCUT2D eigenvalue weighted by atomic mass is 10.1. The third kappa shape index (κ3) is 3.80. The zero-order valence-corrected chi connectivity index (χ0v) is 16.9. The molecular weight excluding hydrogens is 336 g/mol. The van der Waals surface area contributed by atoms with Gasteiger partial charge in [-0.15, -0.1) is 0 Å². The first-order chi connectivity index (χ1) is 11.4. The lowest BCUT2D eigenvalue weighted by Gasteiger charge is -2.15. The number of nitrogens with zero attached hydrogens (tertiary/aromatic N) is 1. The molecule has 0 saturated heterocycles. The van der Waals surface area contributed by atoms with Gasteiger partial charge in [-0.3, -0.25) is 4.79 Å². The summed E-state index contributed by atoms with van der Waals surface area (Å²) in [6, 6.07) is 5.00. The van der Waals surface area contributed by atoms with Crippen LogP contribution in [0.25, 0.3) is 0 Å². The lowest BCUT2D eigenvalue weighted by Crippen LogP contribution is -2.23. The summed E-state index contributed by atoms with van der Waals surface area (Å²) in [7, 11) is -0.554. The van der Waals surface area contributed by atoms with E-state index in [1.165, 1.54) is 30.0 Å². The third-order valence-corrected chi connectivity index (χ3v) is 6.88. The van der Waals surface area contributed by atoms with Gasteiger partial charge in [-0.05, 0) is 49.8 Å². The first-order valence-electron chi connectivity index (χ1n) is 8.38. The van der Waals surface area contributed by atoms with Crippen LogP contribution in [0, 0.1) is 24.2 Å². The highest BCUT2D eigenvalue weighted by molar-refractivity contribution is 7.89. The van der Waals surface area contributed by atoms with Crippen molar-refractivity contribution in [2.24, 2.45) is 17.3 Å². The van der Waals surface area contributed by atoms with Crippen LogP contribution < -0.4 is 5.32 Å². The highest BCUT2D eigenvalue weighted by Crippen LogP contribution is 2.59. The molecule has 2 atom stereocenters. The number of carbonyl (C=O) groups is 1. The van der Waals surface area contributed by atoms with Crippen LogP contribution in [-0.2, 0) is 14.8 Å². The molecule has 1 fully saturated rings. The smallest absolute Gasteiger partial charge is 0.242 e. The number of hydrogen-bond acceptors (Lipinski definition) is 3. The molecule has 1 N–H and O–H groups in total. The molecule has 1 saturated carbocycles. The molecule has 1 aliphatic carbocycles. The van der Waals surface area contributed by atoms with Gasteiger partial charge in [0.2, 0.25) is 15.9 Å². The molecule has 5 nitrogen and oxygen atoms in total. The molecule has 25 heavy (non-hydrogen) atoms. The van der Waals surface area contributed by atoms with Crippen molar-refractivity contribution < 1.29 is 13.2 Å². The molecule has 6 heteroatoms. The van der Waals surface area contributed by atoms with Crippen LogP contribution in [0.3, 0.4) is 0 Å². The summed E-state index contributed by atoms with van der Waals surface area (Å²) < 4.78 is 26.0. The zero-order valence-electron chi connectivity index (χ0n) is 16.0. The van der Waals surface area contributed by atoms with Crippen molar-refractivity contribution in [1.29, 1.82) is 0 Å². The molecule has 0 aliphatic heterocycles. The van der Waals surface area contributed by atoms with Crippen molar-refractivity contribution in [3.05, 3.63) is 35.4 Å². The van der Waals surface area contributed by atoms with Crippen LogP contribution in [0.1, 0.15) is 33.3 Å². The van der Waals surface area contributed by atoms with Crippen molar-refractivity contribution in [1.82, 2.24) is 4.31 Å². The molecule has 0 aromatic heterocycles. The van der Waals surface area contributed by atoms with E-state index in [-0.39, 0.29) is 28.1 Å². The van der Waals surface area contributed by atoms with E-state index in [0.717, 1.165) is 0 Å². The Morgan fingerprint density at radius 3 is 2.36 bits per heavy atom. The number of sulfonamides is 1. The van der Waals surface area contributed by atoms with E-state index in [9.17, 15) is 13.2 Å². The average Bonchev–Trinajstić information content (AvgIpc) is 3.00. The Kier molecular flexibility index (Phi) is 5.17. The van der Waals surface area contributed by atoms with Crippen molar-refractivity contribution in [3.8, 4) is 0 Å². The first-order valence-corrected chi connectivity index (χ1v) is 9.82. The Morgan fingerprint density at radius 1 is 1.24 bits per heavy atom. The fourth-order valence-electron chi connectivity index (χ4n) is 3.22. The predicted molar refractivity (Wildman–Crippen MR) is 101 cm³/mol. The lowest BCUT2D eigenvalue weighted by molar-refractivity contribution is -0.118. The van der Waals surface area contributed by atoms with E-state index >= 15 is 0 Å². The molecule has 0 radical (unpaired) electrons. The van der Waals surface area contributed by atoms with Crippen LogP contribution >= 0.6 is 0 Å². The topological polar surface area (TPSA) is 66.5 Å². The highest BCUT2D eigenvalue weighted by Gasteiger charge is 2.60. The molecule has 1 aromatic carbocycles. The van der Waals surface area contributed by atoms with E-state index in [0.29, 0.717) is 11.3 Å². The van der Waals surface area contributed by atoms with Gasteiger partial charge >= 0.3 is 0 Å². The van der Waals surface area contributed by atoms with Crippen molar-refractivity contribution >= 4 is 21.6 Å². The van der Waals surface area contributed by atoms with E-state index in [4.69, 9.17) is 0 Å². The van der Waals surface area contributed by atoms with Gasteiger partial charge in [0.25, 0.3) is 0 Å². The first kappa shape index (κ1) is 19.7. The number of amides is 1. The van der Waals surface area contributed by atoms with Crippen LogP contribution in [-0.4, -0.2) is 32.7 Å². The fourth-order valence-corrected chi connectivity index (χ4v) is 4.37. The second-order valence-electron chi connectivity index (χ2n) is 7.83. The summed E-state index contributed by atoms with van der Waals surface area (Å²) in [5.41, 5.74) is 2.28. The van der Waals surface area contributed by atoms with E-state index in [2.05, 4.69) is 25.2 Å². The standard InChI is InChI=1S/C19H28N2O3S/c1-12(2)10-15-17(19(15,4)5)18(22)20-14-9-8-13(3)16(11-14)25(23,24)21(6)7/h8-11,15,17H,1-7H3,(H,20,22). The van der Waals surface area contributed by atoms with E-state index in [1.54, 1.807) is 19.1 Å². The number of anilines is 1. The van der Waals surface area contributed by atoms with Gasteiger partial charge in [-0.2, -0.15) is 0 Å². The molecule has 1 amide bonds. The molecule has 0 heterocycles. The van der Waals surface area contributed by atoms with E-state index < -0.39 is 10.0 Å². The maximum absolute atomic E-state index is 12.7. The second-order valence-corrected chi connectivity index (χ2v) is 9.95. The number of benzene rings is 1. The minimum absolute atomic E-state index is 0.0652. The Hall–Kier alpha value is -1.66. The van der Waals surface area contributed by atoms with Crippen LogP contribution in [0.15, 0.2) is 34.7 Å². The van der Waals surface area contributed by atoms with Crippen LogP contribution in [0.5, 0.6) is 0 Å². The van der Waals surface area contributed by atoms with Gasteiger partial charge in [-0.25, -0.2) is 12.7 Å². The molecule has 2 unspecified atom stereocenters. The van der Waals surface area contributed by atoms with Crippen LogP contribution in [0.4, 0.5) is 5.69 Å². The number of aryl methyl sites for hydroxylation is 1. The summed E-state index contributed by atoms with van der Waals surface area (Å²) >= 11 is 0. The Labute approximate surface area is 151 Å². The quantitative estimate of drug-likeness (QED) is 0.814. The summed E-state index contributed by atoms with van der Waals surface area (Å²) in [5.74, 6) is 0.0510. The highest BCUT2D eigenvalue weighted by atomic mass is 32.2. The Morgan fingerprint density at radius 2 is 1.84 bits per heavy atom. The number of hydrogen-bond donors (Lipinski definition) is 1. The summed E-state index contributed by atoms with van der Waals surface area (Å²) in [5, 5.41) is 2.89. The molecule has 0 spiro atoms. The molecule has 138 valence electrons. The SMILES string of the molecule is CC(C)=CC1C(C(=O)Nc2ccc(C)c(S(=O)(=O)N(C)C)c2)C1(C)C.